The molecule has 0 aliphatic heterocycles. The van der Waals surface area contributed by atoms with Crippen molar-refractivity contribution in [2.75, 3.05) is 14.2 Å². The van der Waals surface area contributed by atoms with Gasteiger partial charge in [0.05, 0.1) is 12.7 Å². The molecule has 0 spiro atoms. The van der Waals surface area contributed by atoms with E-state index in [1.807, 2.05) is 24.3 Å². The van der Waals surface area contributed by atoms with E-state index in [1.54, 1.807) is 31.2 Å². The van der Waals surface area contributed by atoms with Gasteiger partial charge in [0, 0.05) is 22.7 Å². The summed E-state index contributed by atoms with van der Waals surface area (Å²) in [6.07, 6.45) is 0. The summed E-state index contributed by atoms with van der Waals surface area (Å²) < 4.78 is 6.19. The van der Waals surface area contributed by atoms with Gasteiger partial charge in [0.25, 0.3) is 5.91 Å². The molecule has 0 aliphatic rings. The van der Waals surface area contributed by atoms with Crippen LogP contribution in [0.1, 0.15) is 15.9 Å². The second kappa shape index (κ2) is 6.80. The standard InChI is InChI=1S/C16H16INO3/c1-18(10-11-5-3-4-6-15(11)21-2)16(20)13-9-12(17)7-8-14(13)19/h3-9,19H,10H2,1-2H3. The molecule has 0 radical (unpaired) electrons. The first-order chi connectivity index (χ1) is 10.0. The molecule has 0 saturated carbocycles. The number of amides is 1. The van der Waals surface area contributed by atoms with Crippen molar-refractivity contribution in [2.24, 2.45) is 0 Å². The SMILES string of the molecule is COc1ccccc1CN(C)C(=O)c1cc(I)ccc1O. The quantitative estimate of drug-likeness (QED) is 0.806. The zero-order valence-electron chi connectivity index (χ0n) is 11.8. The highest BCUT2D eigenvalue weighted by atomic mass is 127. The van der Waals surface area contributed by atoms with Crippen molar-refractivity contribution in [3.8, 4) is 11.5 Å². The maximum atomic E-state index is 12.4. The van der Waals surface area contributed by atoms with Gasteiger partial charge in [-0.2, -0.15) is 0 Å². The maximum absolute atomic E-state index is 12.4. The van der Waals surface area contributed by atoms with E-state index in [4.69, 9.17) is 4.74 Å². The molecule has 0 atom stereocenters. The summed E-state index contributed by atoms with van der Waals surface area (Å²) in [5.41, 5.74) is 1.22. The first-order valence-electron chi connectivity index (χ1n) is 6.39. The van der Waals surface area contributed by atoms with E-state index < -0.39 is 0 Å². The second-order valence-electron chi connectivity index (χ2n) is 4.63. The number of carbonyl (C=O) groups excluding carboxylic acids is 1. The highest BCUT2D eigenvalue weighted by molar-refractivity contribution is 14.1. The number of rotatable bonds is 4. The monoisotopic (exact) mass is 397 g/mol. The number of methoxy groups -OCH3 is 1. The number of para-hydroxylation sites is 1. The van der Waals surface area contributed by atoms with Crippen LogP contribution in [0.25, 0.3) is 0 Å². The molecule has 21 heavy (non-hydrogen) atoms. The molecular weight excluding hydrogens is 381 g/mol. The highest BCUT2D eigenvalue weighted by Crippen LogP contribution is 2.23. The van der Waals surface area contributed by atoms with Crippen LogP contribution >= 0.6 is 22.6 Å². The summed E-state index contributed by atoms with van der Waals surface area (Å²) in [7, 11) is 3.31. The number of hydrogen-bond donors (Lipinski definition) is 1. The van der Waals surface area contributed by atoms with E-state index in [9.17, 15) is 9.90 Å². The summed E-state index contributed by atoms with van der Waals surface area (Å²) in [5, 5.41) is 9.85. The van der Waals surface area contributed by atoms with Crippen molar-refractivity contribution >= 4 is 28.5 Å². The number of halogens is 1. The number of carbonyl (C=O) groups is 1. The van der Waals surface area contributed by atoms with Crippen molar-refractivity contribution in [1.29, 1.82) is 0 Å². The second-order valence-corrected chi connectivity index (χ2v) is 5.88. The highest BCUT2D eigenvalue weighted by Gasteiger charge is 2.17. The van der Waals surface area contributed by atoms with Gasteiger partial charge in [0.2, 0.25) is 0 Å². The molecule has 1 N–H and O–H groups in total. The first-order valence-corrected chi connectivity index (χ1v) is 7.46. The van der Waals surface area contributed by atoms with Gasteiger partial charge in [-0.25, -0.2) is 0 Å². The Bertz CT molecular complexity index is 658. The van der Waals surface area contributed by atoms with Crippen LogP contribution in [0.5, 0.6) is 11.5 Å². The Balaban J connectivity index is 2.22. The molecule has 0 aliphatic carbocycles. The van der Waals surface area contributed by atoms with Crippen LogP contribution < -0.4 is 4.74 Å². The average Bonchev–Trinajstić information content (AvgIpc) is 2.49. The molecule has 0 bridgehead atoms. The minimum atomic E-state index is -0.225. The van der Waals surface area contributed by atoms with Gasteiger partial charge < -0.3 is 14.7 Å². The Hall–Kier alpha value is -1.76. The van der Waals surface area contributed by atoms with Gasteiger partial charge in [0.1, 0.15) is 11.5 Å². The number of aromatic hydroxyl groups is 1. The third kappa shape index (κ3) is 3.66. The Morgan fingerprint density at radius 3 is 2.71 bits per heavy atom. The Labute approximate surface area is 137 Å². The molecule has 0 aromatic heterocycles. The lowest BCUT2D eigenvalue weighted by molar-refractivity contribution is 0.0781. The van der Waals surface area contributed by atoms with Crippen molar-refractivity contribution in [1.82, 2.24) is 4.90 Å². The third-order valence-electron chi connectivity index (χ3n) is 3.14. The van der Waals surface area contributed by atoms with E-state index in [0.717, 1.165) is 14.9 Å². The summed E-state index contributed by atoms with van der Waals surface area (Å²) in [6.45, 7) is 0.410. The van der Waals surface area contributed by atoms with E-state index in [2.05, 4.69) is 22.6 Å². The van der Waals surface area contributed by atoms with E-state index in [1.165, 1.54) is 6.07 Å². The fraction of sp³-hybridized carbons (Fsp3) is 0.188. The minimum Gasteiger partial charge on any atom is -0.507 e. The number of hydrogen-bond acceptors (Lipinski definition) is 3. The Morgan fingerprint density at radius 1 is 1.29 bits per heavy atom. The largest absolute Gasteiger partial charge is 0.507 e. The van der Waals surface area contributed by atoms with E-state index in [-0.39, 0.29) is 11.7 Å². The smallest absolute Gasteiger partial charge is 0.257 e. The van der Waals surface area contributed by atoms with Gasteiger partial charge in [-0.05, 0) is 46.9 Å². The van der Waals surface area contributed by atoms with Crippen LogP contribution in [-0.2, 0) is 6.54 Å². The van der Waals surface area contributed by atoms with Gasteiger partial charge in [-0.3, -0.25) is 4.79 Å². The van der Waals surface area contributed by atoms with Crippen LogP contribution in [0, 0.1) is 3.57 Å². The topological polar surface area (TPSA) is 49.8 Å². The lowest BCUT2D eigenvalue weighted by atomic mass is 10.1. The molecule has 0 unspecified atom stereocenters. The molecule has 1 amide bonds. The van der Waals surface area contributed by atoms with Gasteiger partial charge >= 0.3 is 0 Å². The Kier molecular flexibility index (Phi) is 5.06. The first kappa shape index (κ1) is 15.6. The summed E-state index contributed by atoms with van der Waals surface area (Å²) >= 11 is 2.11. The molecular formula is C16H16INO3. The molecule has 4 nitrogen and oxygen atoms in total. The fourth-order valence-corrected chi connectivity index (χ4v) is 2.54. The van der Waals surface area contributed by atoms with Gasteiger partial charge in [0.15, 0.2) is 0 Å². The normalized spacial score (nSPS) is 10.2. The lowest BCUT2D eigenvalue weighted by Gasteiger charge is -2.19. The fourth-order valence-electron chi connectivity index (χ4n) is 2.05. The average molecular weight is 397 g/mol. The predicted octanol–water partition coefficient (Wildman–Crippen LogP) is 3.28. The minimum absolute atomic E-state index is 0.00714. The molecule has 0 fully saturated rings. The number of phenols is 1. The van der Waals surface area contributed by atoms with E-state index in [0.29, 0.717) is 12.1 Å². The van der Waals surface area contributed by atoms with Crippen molar-refractivity contribution < 1.29 is 14.6 Å². The molecule has 110 valence electrons. The number of nitrogens with zero attached hydrogens (tertiary/aromatic N) is 1. The van der Waals surface area contributed by atoms with Crippen LogP contribution in [0.3, 0.4) is 0 Å². The molecule has 0 saturated heterocycles. The van der Waals surface area contributed by atoms with Crippen molar-refractivity contribution in [3.63, 3.8) is 0 Å². The third-order valence-corrected chi connectivity index (χ3v) is 3.81. The van der Waals surface area contributed by atoms with Gasteiger partial charge in [-0.15, -0.1) is 0 Å². The van der Waals surface area contributed by atoms with Crippen molar-refractivity contribution in [3.05, 3.63) is 57.2 Å². The van der Waals surface area contributed by atoms with Gasteiger partial charge in [-0.1, -0.05) is 18.2 Å². The van der Waals surface area contributed by atoms with Crippen molar-refractivity contribution in [2.45, 2.75) is 6.54 Å². The summed E-state index contributed by atoms with van der Waals surface area (Å²) in [6, 6.07) is 12.5. The zero-order valence-corrected chi connectivity index (χ0v) is 14.0. The molecule has 5 heteroatoms. The Morgan fingerprint density at radius 2 is 2.00 bits per heavy atom. The zero-order chi connectivity index (χ0) is 15.4. The number of benzene rings is 2. The maximum Gasteiger partial charge on any atom is 0.257 e. The van der Waals surface area contributed by atoms with Crippen LogP contribution in [0.4, 0.5) is 0 Å². The van der Waals surface area contributed by atoms with E-state index >= 15 is 0 Å². The lowest BCUT2D eigenvalue weighted by Crippen LogP contribution is -2.26. The number of ether oxygens (including phenoxy) is 1. The molecule has 2 rings (SSSR count). The summed E-state index contributed by atoms with van der Waals surface area (Å²) in [5.74, 6) is 0.508. The number of phenolic OH excluding ortho intramolecular Hbond substituents is 1. The molecule has 0 heterocycles. The van der Waals surface area contributed by atoms with Crippen LogP contribution in [0.2, 0.25) is 0 Å². The van der Waals surface area contributed by atoms with Crippen LogP contribution in [0.15, 0.2) is 42.5 Å². The molecule has 2 aromatic carbocycles. The van der Waals surface area contributed by atoms with Crippen LogP contribution in [-0.4, -0.2) is 30.1 Å². The molecule has 2 aromatic rings. The summed E-state index contributed by atoms with van der Waals surface area (Å²) in [4.78, 5) is 14.0. The predicted molar refractivity (Wildman–Crippen MR) is 89.6 cm³/mol.